The third-order valence-corrected chi connectivity index (χ3v) is 3.39. The highest BCUT2D eigenvalue weighted by molar-refractivity contribution is 9.10. The molecule has 88 valence electrons. The first-order chi connectivity index (χ1) is 8.15. The Kier molecular flexibility index (Phi) is 3.81. The van der Waals surface area contributed by atoms with Crippen LogP contribution in [0.1, 0.15) is 15.2 Å². The van der Waals surface area contributed by atoms with Gasteiger partial charge in [0.25, 0.3) is 0 Å². The van der Waals surface area contributed by atoms with Crippen molar-refractivity contribution in [1.82, 2.24) is 0 Å². The number of carbonyl (C=O) groups is 1. The lowest BCUT2D eigenvalue weighted by Gasteiger charge is -2.06. The zero-order valence-corrected chi connectivity index (χ0v) is 11.1. The molecule has 1 N–H and O–H groups in total. The second kappa shape index (κ2) is 5.33. The van der Waals surface area contributed by atoms with Crippen LogP contribution in [0.4, 0.5) is 0 Å². The van der Waals surface area contributed by atoms with E-state index in [0.717, 1.165) is 4.88 Å². The summed E-state index contributed by atoms with van der Waals surface area (Å²) in [6, 6.07) is 8.73. The highest BCUT2D eigenvalue weighted by Gasteiger charge is 2.07. The third-order valence-electron chi connectivity index (χ3n) is 2.08. The molecule has 0 bridgehead atoms. The number of carboxylic acid groups (broad SMARTS) is 1. The lowest BCUT2D eigenvalue weighted by atomic mass is 10.2. The molecule has 0 aliphatic carbocycles. The Balaban J connectivity index is 2.13. The Bertz CT molecular complexity index is 523. The van der Waals surface area contributed by atoms with Crippen LogP contribution in [-0.2, 0) is 6.61 Å². The molecule has 0 radical (unpaired) electrons. The van der Waals surface area contributed by atoms with E-state index in [0.29, 0.717) is 16.8 Å². The van der Waals surface area contributed by atoms with E-state index in [2.05, 4.69) is 15.9 Å². The molecule has 0 aliphatic heterocycles. The molecule has 0 aliphatic rings. The Morgan fingerprint density at radius 2 is 2.24 bits per heavy atom. The third kappa shape index (κ3) is 3.31. The predicted octanol–water partition coefficient (Wildman–Crippen LogP) is 3.79. The highest BCUT2D eigenvalue weighted by Crippen LogP contribution is 2.23. The van der Waals surface area contributed by atoms with Crippen LogP contribution in [0.2, 0.25) is 0 Å². The van der Waals surface area contributed by atoms with Crippen molar-refractivity contribution >= 4 is 33.2 Å². The first kappa shape index (κ1) is 12.1. The minimum atomic E-state index is -0.965. The number of ether oxygens (including phenoxy) is 1. The average Bonchev–Trinajstić information content (AvgIpc) is 2.78. The molecule has 1 aromatic carbocycles. The Morgan fingerprint density at radius 1 is 1.41 bits per heavy atom. The van der Waals surface area contributed by atoms with Crippen LogP contribution in [0.25, 0.3) is 0 Å². The summed E-state index contributed by atoms with van der Waals surface area (Å²) >= 11 is 4.86. The van der Waals surface area contributed by atoms with E-state index < -0.39 is 5.97 Å². The Hall–Kier alpha value is -1.33. The molecule has 5 heteroatoms. The Morgan fingerprint density at radius 3 is 2.88 bits per heavy atom. The molecule has 0 saturated carbocycles. The van der Waals surface area contributed by atoms with Gasteiger partial charge in [0.15, 0.2) is 0 Å². The molecule has 2 rings (SSSR count). The minimum absolute atomic E-state index is 0.209. The van der Waals surface area contributed by atoms with Gasteiger partial charge >= 0.3 is 5.97 Å². The van der Waals surface area contributed by atoms with Gasteiger partial charge in [-0.1, -0.05) is 22.0 Å². The molecule has 0 unspecified atom stereocenters. The zero-order chi connectivity index (χ0) is 12.3. The van der Waals surface area contributed by atoms with E-state index >= 15 is 0 Å². The van der Waals surface area contributed by atoms with Crippen molar-refractivity contribution < 1.29 is 14.6 Å². The molecule has 0 saturated heterocycles. The van der Waals surface area contributed by atoms with Gasteiger partial charge in [0.2, 0.25) is 0 Å². The second-order valence-corrected chi connectivity index (χ2v) is 5.30. The number of thiophene rings is 1. The van der Waals surface area contributed by atoms with Crippen molar-refractivity contribution in [3.8, 4) is 5.75 Å². The van der Waals surface area contributed by atoms with Gasteiger partial charge in [-0.25, -0.2) is 4.79 Å². The molecule has 0 amide bonds. The molecule has 0 fully saturated rings. The lowest BCUT2D eigenvalue weighted by molar-refractivity contribution is 0.0696. The first-order valence-corrected chi connectivity index (χ1v) is 6.51. The topological polar surface area (TPSA) is 46.5 Å². The summed E-state index contributed by atoms with van der Waals surface area (Å²) in [6.07, 6.45) is 0. The normalized spacial score (nSPS) is 10.2. The average molecular weight is 313 g/mol. The van der Waals surface area contributed by atoms with Crippen molar-refractivity contribution in [3.63, 3.8) is 0 Å². The summed E-state index contributed by atoms with van der Waals surface area (Å²) in [7, 11) is 0. The van der Waals surface area contributed by atoms with Crippen molar-refractivity contribution in [2.75, 3.05) is 0 Å². The molecule has 1 aromatic heterocycles. The Labute approximate surface area is 111 Å². The first-order valence-electron chi connectivity index (χ1n) is 4.84. The van der Waals surface area contributed by atoms with Gasteiger partial charge in [-0.2, -0.15) is 0 Å². The largest absolute Gasteiger partial charge is 0.488 e. The van der Waals surface area contributed by atoms with Crippen LogP contribution in [-0.4, -0.2) is 11.1 Å². The van der Waals surface area contributed by atoms with Gasteiger partial charge < -0.3 is 9.84 Å². The quantitative estimate of drug-likeness (QED) is 0.934. The minimum Gasteiger partial charge on any atom is -0.488 e. The number of aromatic carboxylic acids is 1. The molecule has 0 atom stereocenters. The number of hydrogen-bond acceptors (Lipinski definition) is 3. The van der Waals surface area contributed by atoms with E-state index in [1.807, 2.05) is 17.5 Å². The summed E-state index contributed by atoms with van der Waals surface area (Å²) in [5.41, 5.74) is 0.209. The van der Waals surface area contributed by atoms with Crippen LogP contribution in [0.5, 0.6) is 5.75 Å². The summed E-state index contributed by atoms with van der Waals surface area (Å²) in [6.45, 7) is 0.452. The van der Waals surface area contributed by atoms with E-state index in [4.69, 9.17) is 9.84 Å². The number of hydrogen-bond donors (Lipinski definition) is 1. The van der Waals surface area contributed by atoms with Gasteiger partial charge in [0, 0.05) is 9.35 Å². The summed E-state index contributed by atoms with van der Waals surface area (Å²) in [4.78, 5) is 12.0. The standard InChI is InChI=1S/C12H9BrO3S/c13-9-4-8(12(14)15)5-10(6-9)16-7-11-2-1-3-17-11/h1-6H,7H2,(H,14,15). The number of halogens is 1. The van der Waals surface area contributed by atoms with Crippen molar-refractivity contribution in [2.45, 2.75) is 6.61 Å². The van der Waals surface area contributed by atoms with E-state index in [1.165, 1.54) is 6.07 Å². The predicted molar refractivity (Wildman–Crippen MR) is 69.8 cm³/mol. The van der Waals surface area contributed by atoms with E-state index in [9.17, 15) is 4.79 Å². The lowest BCUT2D eigenvalue weighted by Crippen LogP contribution is -1.98. The summed E-state index contributed by atoms with van der Waals surface area (Å²) < 4.78 is 6.23. The number of rotatable bonds is 4. The van der Waals surface area contributed by atoms with Crippen LogP contribution >= 0.6 is 27.3 Å². The molecule has 17 heavy (non-hydrogen) atoms. The molecule has 0 spiro atoms. The van der Waals surface area contributed by atoms with Gasteiger partial charge in [-0.3, -0.25) is 0 Å². The molecule has 1 heterocycles. The maximum Gasteiger partial charge on any atom is 0.335 e. The van der Waals surface area contributed by atoms with Crippen LogP contribution in [0.15, 0.2) is 40.2 Å². The molecule has 3 nitrogen and oxygen atoms in total. The van der Waals surface area contributed by atoms with E-state index in [-0.39, 0.29) is 5.56 Å². The summed E-state index contributed by atoms with van der Waals surface area (Å²) in [5.74, 6) is -0.419. The fraction of sp³-hybridized carbons (Fsp3) is 0.0833. The van der Waals surface area contributed by atoms with Crippen molar-refractivity contribution in [1.29, 1.82) is 0 Å². The second-order valence-electron chi connectivity index (χ2n) is 3.35. The van der Waals surface area contributed by atoms with Crippen molar-refractivity contribution in [2.24, 2.45) is 0 Å². The van der Waals surface area contributed by atoms with Gasteiger partial charge in [0.05, 0.1) is 5.56 Å². The van der Waals surface area contributed by atoms with Crippen LogP contribution < -0.4 is 4.74 Å². The highest BCUT2D eigenvalue weighted by atomic mass is 79.9. The van der Waals surface area contributed by atoms with Crippen LogP contribution in [0.3, 0.4) is 0 Å². The smallest absolute Gasteiger partial charge is 0.335 e. The SMILES string of the molecule is O=C(O)c1cc(Br)cc(OCc2cccs2)c1. The maximum absolute atomic E-state index is 10.9. The zero-order valence-electron chi connectivity index (χ0n) is 8.72. The molecular weight excluding hydrogens is 304 g/mol. The van der Waals surface area contributed by atoms with Crippen LogP contribution in [0, 0.1) is 0 Å². The van der Waals surface area contributed by atoms with Gasteiger partial charge in [-0.05, 0) is 29.6 Å². The monoisotopic (exact) mass is 312 g/mol. The fourth-order valence-electron chi connectivity index (χ4n) is 1.32. The molecule has 2 aromatic rings. The van der Waals surface area contributed by atoms with Gasteiger partial charge in [0.1, 0.15) is 12.4 Å². The summed E-state index contributed by atoms with van der Waals surface area (Å²) in [5, 5.41) is 10.9. The van der Waals surface area contributed by atoms with E-state index in [1.54, 1.807) is 23.5 Å². The number of carboxylic acids is 1. The van der Waals surface area contributed by atoms with Crippen molar-refractivity contribution in [3.05, 3.63) is 50.6 Å². The fourth-order valence-corrected chi connectivity index (χ4v) is 2.41. The maximum atomic E-state index is 10.9. The molecular formula is C12H9BrO3S. The number of benzene rings is 1. The van der Waals surface area contributed by atoms with Gasteiger partial charge in [-0.15, -0.1) is 11.3 Å².